The molecule has 5 nitrogen and oxygen atoms in total. The Bertz CT molecular complexity index is 2710. The summed E-state index contributed by atoms with van der Waals surface area (Å²) >= 11 is 0. The number of amidine groups is 1. The lowest BCUT2D eigenvalue weighted by atomic mass is 10.0. The molecular weight excluding hydrogens is 625 g/mol. The number of aromatic nitrogens is 1. The minimum absolute atomic E-state index is 0.378. The standard InChI is InChI=1S/C46H34N4O/c1-47-45(33-15-6-3-7-16-33)49-46(34-25-23-32(24-26-34)31-13-4-2-5-14-31)48-30-50-41-21-10-8-17-37(41)40-29-35(27-28-42(40)50)36-19-12-20-39-38-18-9-11-22-43(38)51-44(36)39/h2-29,46,48H,1,30H2. The minimum Gasteiger partial charge on any atom is -0.455 e. The van der Waals surface area contributed by atoms with Crippen molar-refractivity contribution in [2.75, 3.05) is 0 Å². The summed E-state index contributed by atoms with van der Waals surface area (Å²) < 4.78 is 8.75. The van der Waals surface area contributed by atoms with Crippen LogP contribution in [0.25, 0.3) is 66.0 Å². The number of furan rings is 1. The Morgan fingerprint density at radius 1 is 0.588 bits per heavy atom. The highest BCUT2D eigenvalue weighted by Gasteiger charge is 2.18. The number of hydrogen-bond donors (Lipinski definition) is 1. The molecule has 0 aliphatic rings. The van der Waals surface area contributed by atoms with Gasteiger partial charge in [-0.1, -0.05) is 146 Å². The Morgan fingerprint density at radius 2 is 1.24 bits per heavy atom. The van der Waals surface area contributed by atoms with Crippen LogP contribution in [0.2, 0.25) is 0 Å². The van der Waals surface area contributed by atoms with Crippen molar-refractivity contribution in [3.63, 3.8) is 0 Å². The molecule has 0 fully saturated rings. The molecule has 2 aromatic heterocycles. The van der Waals surface area contributed by atoms with Gasteiger partial charge in [-0.15, -0.1) is 0 Å². The SMILES string of the molecule is C=NC(=NC(NCn1c2ccccc2c2cc(-c3cccc4c3oc3ccccc34)ccc21)c1ccc(-c2ccccc2)cc1)c1ccccc1. The van der Waals surface area contributed by atoms with Gasteiger partial charge in [0.25, 0.3) is 0 Å². The van der Waals surface area contributed by atoms with Crippen molar-refractivity contribution in [3.05, 3.63) is 181 Å². The molecule has 5 heteroatoms. The van der Waals surface area contributed by atoms with Crippen molar-refractivity contribution < 1.29 is 4.42 Å². The fraction of sp³-hybridized carbons (Fsp3) is 0.0435. The maximum atomic E-state index is 6.42. The molecule has 1 atom stereocenters. The number of aliphatic imine (C=N–C) groups is 2. The van der Waals surface area contributed by atoms with Crippen molar-refractivity contribution in [2.45, 2.75) is 12.8 Å². The van der Waals surface area contributed by atoms with E-state index in [1.807, 2.05) is 48.5 Å². The van der Waals surface area contributed by atoms with Crippen molar-refractivity contribution in [1.29, 1.82) is 0 Å². The van der Waals surface area contributed by atoms with E-state index in [1.165, 1.54) is 16.3 Å². The van der Waals surface area contributed by atoms with Crippen molar-refractivity contribution in [2.24, 2.45) is 9.98 Å². The number of fused-ring (bicyclic) bond motifs is 6. The van der Waals surface area contributed by atoms with Crippen LogP contribution in [0.5, 0.6) is 0 Å². The summed E-state index contributed by atoms with van der Waals surface area (Å²) in [6.45, 7) is 4.40. The lowest BCUT2D eigenvalue weighted by Gasteiger charge is -2.19. The van der Waals surface area contributed by atoms with E-state index in [4.69, 9.17) is 9.41 Å². The molecule has 51 heavy (non-hydrogen) atoms. The van der Waals surface area contributed by atoms with Crippen LogP contribution in [-0.2, 0) is 6.67 Å². The van der Waals surface area contributed by atoms with Gasteiger partial charge in [0.1, 0.15) is 17.3 Å². The summed E-state index contributed by atoms with van der Waals surface area (Å²) in [6, 6.07) is 59.0. The Hall–Kier alpha value is -6.56. The maximum absolute atomic E-state index is 6.42. The molecule has 7 aromatic carbocycles. The quantitative estimate of drug-likeness (QED) is 0.130. The number of para-hydroxylation sites is 3. The van der Waals surface area contributed by atoms with Gasteiger partial charge in [0.2, 0.25) is 0 Å². The Kier molecular flexibility index (Phi) is 7.80. The first kappa shape index (κ1) is 30.5. The summed E-state index contributed by atoms with van der Waals surface area (Å²) in [6.07, 6.45) is -0.378. The number of rotatable bonds is 8. The van der Waals surface area contributed by atoms with Gasteiger partial charge < -0.3 is 8.98 Å². The summed E-state index contributed by atoms with van der Waals surface area (Å²) in [5.74, 6) is 0.590. The molecule has 0 radical (unpaired) electrons. The summed E-state index contributed by atoms with van der Waals surface area (Å²) in [7, 11) is 0. The van der Waals surface area contributed by atoms with Crippen LogP contribution < -0.4 is 5.32 Å². The van der Waals surface area contributed by atoms with E-state index in [-0.39, 0.29) is 6.17 Å². The van der Waals surface area contributed by atoms with Gasteiger partial charge in [0.15, 0.2) is 5.84 Å². The number of hydrogen-bond acceptors (Lipinski definition) is 3. The van der Waals surface area contributed by atoms with Crippen LogP contribution in [0, 0.1) is 0 Å². The zero-order valence-electron chi connectivity index (χ0n) is 27.9. The molecule has 9 aromatic rings. The largest absolute Gasteiger partial charge is 0.455 e. The Labute approximate surface area is 295 Å². The van der Waals surface area contributed by atoms with Crippen LogP contribution in [-0.4, -0.2) is 17.1 Å². The molecule has 244 valence electrons. The zero-order valence-corrected chi connectivity index (χ0v) is 27.9. The molecule has 1 N–H and O–H groups in total. The number of benzene rings is 7. The first-order valence-corrected chi connectivity index (χ1v) is 17.2. The molecule has 0 aliphatic heterocycles. The Morgan fingerprint density at radius 3 is 2.04 bits per heavy atom. The second-order valence-electron chi connectivity index (χ2n) is 12.7. The van der Waals surface area contributed by atoms with Crippen LogP contribution in [0.1, 0.15) is 17.3 Å². The predicted molar refractivity (Wildman–Crippen MR) is 212 cm³/mol. The molecule has 9 rings (SSSR count). The van der Waals surface area contributed by atoms with Crippen molar-refractivity contribution in [1.82, 2.24) is 9.88 Å². The normalized spacial score (nSPS) is 12.6. The zero-order chi connectivity index (χ0) is 34.1. The van der Waals surface area contributed by atoms with Crippen LogP contribution >= 0.6 is 0 Å². The first-order chi connectivity index (χ1) is 25.2. The van der Waals surface area contributed by atoms with Gasteiger partial charge in [0, 0.05) is 32.7 Å². The van der Waals surface area contributed by atoms with Gasteiger partial charge in [-0.2, -0.15) is 0 Å². The highest BCUT2D eigenvalue weighted by atomic mass is 16.3. The van der Waals surface area contributed by atoms with Crippen LogP contribution in [0.3, 0.4) is 0 Å². The van der Waals surface area contributed by atoms with E-state index in [0.717, 1.165) is 60.8 Å². The average Bonchev–Trinajstić information content (AvgIpc) is 3.74. The molecule has 0 aliphatic carbocycles. The lowest BCUT2D eigenvalue weighted by Crippen LogP contribution is -2.24. The van der Waals surface area contributed by atoms with Crippen molar-refractivity contribution >= 4 is 56.3 Å². The third kappa shape index (κ3) is 5.60. The first-order valence-electron chi connectivity index (χ1n) is 17.2. The summed E-state index contributed by atoms with van der Waals surface area (Å²) in [4.78, 5) is 9.50. The van der Waals surface area contributed by atoms with E-state index in [0.29, 0.717) is 12.5 Å². The highest BCUT2D eigenvalue weighted by Crippen LogP contribution is 2.38. The van der Waals surface area contributed by atoms with Crippen molar-refractivity contribution in [3.8, 4) is 22.3 Å². The van der Waals surface area contributed by atoms with E-state index in [9.17, 15) is 0 Å². The van der Waals surface area contributed by atoms with Gasteiger partial charge in [-0.05, 0) is 53.2 Å². The van der Waals surface area contributed by atoms with E-state index < -0.39 is 0 Å². The molecule has 0 amide bonds. The average molecular weight is 659 g/mol. The van der Waals surface area contributed by atoms with E-state index in [2.05, 4.69) is 143 Å². The summed E-state index contributed by atoms with van der Waals surface area (Å²) in [5, 5.41) is 8.41. The highest BCUT2D eigenvalue weighted by molar-refractivity contribution is 6.12. The fourth-order valence-electron chi connectivity index (χ4n) is 7.19. The monoisotopic (exact) mass is 658 g/mol. The van der Waals surface area contributed by atoms with E-state index >= 15 is 0 Å². The minimum atomic E-state index is -0.378. The molecule has 0 saturated heterocycles. The van der Waals surface area contributed by atoms with Crippen LogP contribution in [0.15, 0.2) is 184 Å². The third-order valence-corrected chi connectivity index (χ3v) is 9.70. The molecule has 0 saturated carbocycles. The Balaban J connectivity index is 1.11. The van der Waals surface area contributed by atoms with Gasteiger partial charge >= 0.3 is 0 Å². The topological polar surface area (TPSA) is 54.8 Å². The van der Waals surface area contributed by atoms with Gasteiger partial charge in [-0.25, -0.2) is 9.98 Å². The summed E-state index contributed by atoms with van der Waals surface area (Å²) in [5.41, 5.74) is 10.6. The number of nitrogens with zero attached hydrogens (tertiary/aromatic N) is 3. The molecular formula is C46H34N4O. The van der Waals surface area contributed by atoms with Gasteiger partial charge in [-0.3, -0.25) is 5.32 Å². The van der Waals surface area contributed by atoms with Crippen LogP contribution in [0.4, 0.5) is 0 Å². The second-order valence-corrected chi connectivity index (χ2v) is 12.7. The fourth-order valence-corrected chi connectivity index (χ4v) is 7.19. The van der Waals surface area contributed by atoms with E-state index in [1.54, 1.807) is 0 Å². The number of nitrogens with one attached hydrogen (secondary N) is 1. The smallest absolute Gasteiger partial charge is 0.155 e. The molecule has 2 heterocycles. The molecule has 0 spiro atoms. The second kappa shape index (κ2) is 13.0. The predicted octanol–water partition coefficient (Wildman–Crippen LogP) is 11.4. The third-order valence-electron chi connectivity index (χ3n) is 9.70. The molecule has 1 unspecified atom stereocenters. The maximum Gasteiger partial charge on any atom is 0.155 e. The lowest BCUT2D eigenvalue weighted by molar-refractivity contribution is 0.491. The van der Waals surface area contributed by atoms with Gasteiger partial charge in [0.05, 0.1) is 17.7 Å². The molecule has 0 bridgehead atoms.